The highest BCUT2D eigenvalue weighted by Gasteiger charge is 2.18. The number of benzene rings is 2. The Bertz CT molecular complexity index is 1300. The monoisotopic (exact) mass is 487 g/mol. The van der Waals surface area contributed by atoms with E-state index in [1.54, 1.807) is 10.6 Å². The first kappa shape index (κ1) is 20.3. The SMILES string of the molecule is Cc1ccc(-n2c(SCC(=O)Nc3ccc(Br)cc3F)nc3c(=O)[nH]cnc32)cc1. The summed E-state index contributed by atoms with van der Waals surface area (Å²) in [6.07, 6.45) is 1.31. The van der Waals surface area contributed by atoms with Crippen molar-refractivity contribution in [3.8, 4) is 5.69 Å². The minimum absolute atomic E-state index is 0.0252. The number of carbonyl (C=O) groups excluding carboxylic acids is 1. The fourth-order valence-electron chi connectivity index (χ4n) is 2.81. The van der Waals surface area contributed by atoms with E-state index >= 15 is 0 Å². The first-order valence-electron chi connectivity index (χ1n) is 8.83. The van der Waals surface area contributed by atoms with Crippen molar-refractivity contribution < 1.29 is 9.18 Å². The summed E-state index contributed by atoms with van der Waals surface area (Å²) in [5.74, 6) is -0.960. The number of carbonyl (C=O) groups is 1. The molecule has 0 bridgehead atoms. The van der Waals surface area contributed by atoms with Gasteiger partial charge in [-0.25, -0.2) is 14.4 Å². The van der Waals surface area contributed by atoms with Crippen LogP contribution in [0.15, 0.2) is 63.2 Å². The lowest BCUT2D eigenvalue weighted by Crippen LogP contribution is -2.15. The Morgan fingerprint density at radius 1 is 1.27 bits per heavy atom. The predicted octanol–water partition coefficient (Wildman–Crippen LogP) is 4.05. The van der Waals surface area contributed by atoms with Crippen LogP contribution in [-0.2, 0) is 4.79 Å². The molecule has 4 rings (SSSR count). The van der Waals surface area contributed by atoms with Gasteiger partial charge in [-0.2, -0.15) is 0 Å². The van der Waals surface area contributed by atoms with Crippen LogP contribution in [0.1, 0.15) is 5.56 Å². The Morgan fingerprint density at radius 2 is 2.03 bits per heavy atom. The van der Waals surface area contributed by atoms with Crippen LogP contribution in [0.25, 0.3) is 16.9 Å². The fraction of sp³-hybridized carbons (Fsp3) is 0.100. The van der Waals surface area contributed by atoms with E-state index in [0.717, 1.165) is 23.0 Å². The van der Waals surface area contributed by atoms with Gasteiger partial charge in [0.1, 0.15) is 5.82 Å². The Morgan fingerprint density at radius 3 is 2.77 bits per heavy atom. The van der Waals surface area contributed by atoms with E-state index in [1.165, 1.54) is 18.5 Å². The van der Waals surface area contributed by atoms with Crippen molar-refractivity contribution in [2.75, 3.05) is 11.1 Å². The van der Waals surface area contributed by atoms with E-state index in [2.05, 4.69) is 36.2 Å². The van der Waals surface area contributed by atoms with Gasteiger partial charge < -0.3 is 10.3 Å². The molecule has 0 aliphatic carbocycles. The van der Waals surface area contributed by atoms with Gasteiger partial charge >= 0.3 is 0 Å². The van der Waals surface area contributed by atoms with Crippen LogP contribution in [0, 0.1) is 12.7 Å². The number of thioether (sulfide) groups is 1. The largest absolute Gasteiger partial charge is 0.323 e. The van der Waals surface area contributed by atoms with Crippen LogP contribution in [0.2, 0.25) is 0 Å². The summed E-state index contributed by atoms with van der Waals surface area (Å²) in [7, 11) is 0. The Labute approximate surface area is 182 Å². The van der Waals surface area contributed by atoms with Crippen molar-refractivity contribution in [3.05, 3.63) is 75.0 Å². The van der Waals surface area contributed by atoms with Crippen molar-refractivity contribution in [2.24, 2.45) is 0 Å². The van der Waals surface area contributed by atoms with Gasteiger partial charge in [0.05, 0.1) is 17.8 Å². The highest BCUT2D eigenvalue weighted by molar-refractivity contribution is 9.10. The molecule has 1 amide bonds. The van der Waals surface area contributed by atoms with Gasteiger partial charge in [-0.3, -0.25) is 14.2 Å². The van der Waals surface area contributed by atoms with Gasteiger partial charge in [0, 0.05) is 10.2 Å². The number of nitrogens with zero attached hydrogens (tertiary/aromatic N) is 3. The van der Waals surface area contributed by atoms with Crippen LogP contribution >= 0.6 is 27.7 Å². The number of aromatic nitrogens is 4. The molecule has 7 nitrogen and oxygen atoms in total. The summed E-state index contributed by atoms with van der Waals surface area (Å²) >= 11 is 4.31. The number of nitrogens with one attached hydrogen (secondary N) is 2. The van der Waals surface area contributed by atoms with Crippen LogP contribution < -0.4 is 10.9 Å². The minimum Gasteiger partial charge on any atom is -0.323 e. The maximum absolute atomic E-state index is 14.0. The number of H-pyrrole nitrogens is 1. The molecule has 2 aromatic carbocycles. The summed E-state index contributed by atoms with van der Waals surface area (Å²) in [6.45, 7) is 1.97. The molecule has 2 aromatic heterocycles. The highest BCUT2D eigenvalue weighted by atomic mass is 79.9. The maximum atomic E-state index is 14.0. The number of rotatable bonds is 5. The van der Waals surface area contributed by atoms with E-state index in [9.17, 15) is 14.0 Å². The van der Waals surface area contributed by atoms with Crippen molar-refractivity contribution in [1.29, 1.82) is 0 Å². The molecule has 152 valence electrons. The summed E-state index contributed by atoms with van der Waals surface area (Å²) in [4.78, 5) is 35.7. The molecule has 4 aromatic rings. The van der Waals surface area contributed by atoms with Gasteiger partial charge in [-0.1, -0.05) is 45.4 Å². The number of hydrogen-bond donors (Lipinski definition) is 2. The van der Waals surface area contributed by atoms with Crippen LogP contribution in [0.4, 0.5) is 10.1 Å². The zero-order chi connectivity index (χ0) is 21.3. The van der Waals surface area contributed by atoms with Crippen molar-refractivity contribution in [1.82, 2.24) is 19.5 Å². The maximum Gasteiger partial charge on any atom is 0.278 e. The fourth-order valence-corrected chi connectivity index (χ4v) is 3.96. The van der Waals surface area contributed by atoms with Gasteiger partial charge in [-0.05, 0) is 37.3 Å². The predicted molar refractivity (Wildman–Crippen MR) is 118 cm³/mol. The number of amides is 1. The summed E-state index contributed by atoms with van der Waals surface area (Å²) < 4.78 is 16.3. The molecular formula is C20H15BrFN5O2S. The molecule has 2 N–H and O–H groups in total. The third-order valence-corrected chi connectivity index (χ3v) is 5.68. The lowest BCUT2D eigenvalue weighted by Gasteiger charge is -2.09. The zero-order valence-corrected chi connectivity index (χ0v) is 18.1. The molecule has 0 saturated carbocycles. The average molecular weight is 488 g/mol. The Hall–Kier alpha value is -2.98. The molecule has 0 spiro atoms. The average Bonchev–Trinajstić information content (AvgIpc) is 3.09. The van der Waals surface area contributed by atoms with E-state index in [1.807, 2.05) is 31.2 Å². The van der Waals surface area contributed by atoms with Gasteiger partial charge in [-0.15, -0.1) is 0 Å². The molecular weight excluding hydrogens is 473 g/mol. The smallest absolute Gasteiger partial charge is 0.278 e. The van der Waals surface area contributed by atoms with Gasteiger partial charge in [0.25, 0.3) is 5.56 Å². The van der Waals surface area contributed by atoms with Crippen LogP contribution in [-0.4, -0.2) is 31.2 Å². The van der Waals surface area contributed by atoms with E-state index in [0.29, 0.717) is 15.3 Å². The highest BCUT2D eigenvalue weighted by Crippen LogP contribution is 2.26. The van der Waals surface area contributed by atoms with E-state index < -0.39 is 11.7 Å². The molecule has 0 unspecified atom stereocenters. The standard InChI is InChI=1S/C20H15BrFN5O2S/c1-11-2-5-13(6-3-11)27-18-17(19(29)24-10-23-18)26-20(27)30-9-16(28)25-15-7-4-12(21)8-14(15)22/h2-8,10H,9H2,1H3,(H,25,28)(H,23,24,29). The second-order valence-electron chi connectivity index (χ2n) is 6.43. The van der Waals surface area contributed by atoms with Gasteiger partial charge in [0.15, 0.2) is 16.3 Å². The number of aryl methyl sites for hydroxylation is 1. The first-order valence-corrected chi connectivity index (χ1v) is 10.6. The number of imidazole rings is 1. The number of aromatic amines is 1. The molecule has 0 atom stereocenters. The molecule has 0 fully saturated rings. The summed E-state index contributed by atoms with van der Waals surface area (Å²) in [6, 6.07) is 12.0. The lowest BCUT2D eigenvalue weighted by atomic mass is 10.2. The second-order valence-corrected chi connectivity index (χ2v) is 8.29. The Kier molecular flexibility index (Phi) is 5.69. The number of fused-ring (bicyclic) bond motifs is 1. The molecule has 2 heterocycles. The summed E-state index contributed by atoms with van der Waals surface area (Å²) in [5.41, 5.74) is 2.15. The first-order chi connectivity index (χ1) is 14.4. The van der Waals surface area contributed by atoms with Crippen molar-refractivity contribution in [2.45, 2.75) is 12.1 Å². The summed E-state index contributed by atoms with van der Waals surface area (Å²) in [5, 5.41) is 2.98. The number of halogens is 2. The lowest BCUT2D eigenvalue weighted by molar-refractivity contribution is -0.113. The molecule has 10 heteroatoms. The van der Waals surface area contributed by atoms with Crippen LogP contribution in [0.3, 0.4) is 0 Å². The van der Waals surface area contributed by atoms with Crippen molar-refractivity contribution >= 4 is 50.5 Å². The number of hydrogen-bond acceptors (Lipinski definition) is 5. The Balaban J connectivity index is 1.63. The quantitative estimate of drug-likeness (QED) is 0.414. The normalized spacial score (nSPS) is 11.0. The molecule has 0 radical (unpaired) electrons. The van der Waals surface area contributed by atoms with E-state index in [4.69, 9.17) is 0 Å². The molecule has 0 aliphatic heterocycles. The van der Waals surface area contributed by atoms with Crippen LogP contribution in [0.5, 0.6) is 0 Å². The molecule has 0 aliphatic rings. The topological polar surface area (TPSA) is 92.7 Å². The second kappa shape index (κ2) is 8.41. The molecule has 30 heavy (non-hydrogen) atoms. The third-order valence-electron chi connectivity index (χ3n) is 4.25. The minimum atomic E-state index is -0.537. The third kappa shape index (κ3) is 4.14. The zero-order valence-electron chi connectivity index (χ0n) is 15.6. The molecule has 0 saturated heterocycles. The number of anilines is 1. The van der Waals surface area contributed by atoms with Crippen molar-refractivity contribution in [3.63, 3.8) is 0 Å². The van der Waals surface area contributed by atoms with Gasteiger partial charge in [0.2, 0.25) is 5.91 Å². The van der Waals surface area contributed by atoms with E-state index in [-0.39, 0.29) is 22.5 Å².